The first kappa shape index (κ1) is 18.4. The Kier molecular flexibility index (Phi) is 5.91. The third-order valence-corrected chi connectivity index (χ3v) is 5.04. The minimum absolute atomic E-state index is 0.188. The Balaban J connectivity index is 1.60. The summed E-state index contributed by atoms with van der Waals surface area (Å²) in [7, 11) is 1.64. The van der Waals surface area contributed by atoms with Crippen LogP contribution in [0.2, 0.25) is 0 Å². The van der Waals surface area contributed by atoms with Gasteiger partial charge in [-0.1, -0.05) is 12.1 Å². The molecule has 2 heterocycles. The molecule has 1 fully saturated rings. The topological polar surface area (TPSA) is 60.2 Å². The molecule has 1 aromatic heterocycles. The fourth-order valence-corrected chi connectivity index (χ4v) is 3.63. The number of likely N-dealkylation sites (tertiary alicyclic amines) is 1. The summed E-state index contributed by atoms with van der Waals surface area (Å²) in [4.78, 5) is 14.7. The molecule has 1 atom stereocenters. The number of amides is 1. The van der Waals surface area contributed by atoms with E-state index in [4.69, 9.17) is 4.74 Å². The molecule has 0 saturated carbocycles. The zero-order chi connectivity index (χ0) is 18.5. The van der Waals surface area contributed by atoms with Crippen LogP contribution in [0.4, 0.5) is 0 Å². The third kappa shape index (κ3) is 4.42. The minimum atomic E-state index is 0.188. The lowest BCUT2D eigenvalue weighted by atomic mass is 9.94. The van der Waals surface area contributed by atoms with Crippen LogP contribution in [0.15, 0.2) is 30.6 Å². The first-order valence-electron chi connectivity index (χ1n) is 9.36. The molecule has 6 nitrogen and oxygen atoms in total. The molecule has 140 valence electrons. The predicted octanol–water partition coefficient (Wildman–Crippen LogP) is 2.89. The number of ether oxygens (including phenoxy) is 1. The highest BCUT2D eigenvalue weighted by atomic mass is 16.5. The fourth-order valence-electron chi connectivity index (χ4n) is 3.63. The van der Waals surface area contributed by atoms with E-state index in [0.717, 1.165) is 49.5 Å². The average Bonchev–Trinajstić information content (AvgIpc) is 3.10. The summed E-state index contributed by atoms with van der Waals surface area (Å²) in [5, 5.41) is 8.34. The molecule has 1 aliphatic rings. The quantitative estimate of drug-likeness (QED) is 0.798. The molecule has 26 heavy (non-hydrogen) atoms. The van der Waals surface area contributed by atoms with Gasteiger partial charge in [-0.15, -0.1) is 10.2 Å². The van der Waals surface area contributed by atoms with Crippen molar-refractivity contribution in [2.75, 3.05) is 20.2 Å². The summed E-state index contributed by atoms with van der Waals surface area (Å²) in [6, 6.07) is 8.10. The summed E-state index contributed by atoms with van der Waals surface area (Å²) < 4.78 is 7.37. The highest BCUT2D eigenvalue weighted by Gasteiger charge is 2.25. The van der Waals surface area contributed by atoms with E-state index in [0.29, 0.717) is 18.4 Å². The van der Waals surface area contributed by atoms with E-state index in [9.17, 15) is 4.79 Å². The van der Waals surface area contributed by atoms with Crippen molar-refractivity contribution in [1.82, 2.24) is 19.7 Å². The van der Waals surface area contributed by atoms with E-state index in [-0.39, 0.29) is 5.91 Å². The predicted molar refractivity (Wildman–Crippen MR) is 100 cm³/mol. The number of hydrogen-bond donors (Lipinski definition) is 0. The minimum Gasteiger partial charge on any atom is -0.497 e. The summed E-state index contributed by atoms with van der Waals surface area (Å²) >= 11 is 0. The van der Waals surface area contributed by atoms with Gasteiger partial charge in [0.2, 0.25) is 5.91 Å². The molecule has 2 aromatic rings. The maximum atomic E-state index is 12.7. The number of hydrogen-bond acceptors (Lipinski definition) is 4. The van der Waals surface area contributed by atoms with Crippen LogP contribution in [0.25, 0.3) is 0 Å². The van der Waals surface area contributed by atoms with Gasteiger partial charge < -0.3 is 14.2 Å². The van der Waals surface area contributed by atoms with Gasteiger partial charge in [-0.25, -0.2) is 0 Å². The second-order valence-electron chi connectivity index (χ2n) is 7.33. The van der Waals surface area contributed by atoms with E-state index in [2.05, 4.69) is 28.6 Å². The maximum absolute atomic E-state index is 12.7. The molecule has 1 amide bonds. The highest BCUT2D eigenvalue weighted by Crippen LogP contribution is 2.22. The summed E-state index contributed by atoms with van der Waals surface area (Å²) in [6.07, 6.45) is 5.28. The standard InChI is InChI=1S/C20H28N4O2/c1-15(2)24-14-21-22-19(24)11-17-7-5-9-23(13-17)20(25)12-16-6-4-8-18(10-16)26-3/h4,6,8,10,14-15,17H,5,7,9,11-13H2,1-3H3. The van der Waals surface area contributed by atoms with Crippen molar-refractivity contribution in [1.29, 1.82) is 0 Å². The van der Waals surface area contributed by atoms with Crippen molar-refractivity contribution in [2.45, 2.75) is 45.6 Å². The molecule has 0 radical (unpaired) electrons. The molecule has 0 N–H and O–H groups in total. The first-order valence-corrected chi connectivity index (χ1v) is 9.36. The van der Waals surface area contributed by atoms with Crippen LogP contribution < -0.4 is 4.74 Å². The van der Waals surface area contributed by atoms with Crippen LogP contribution in [-0.4, -0.2) is 45.8 Å². The second kappa shape index (κ2) is 8.34. The van der Waals surface area contributed by atoms with E-state index in [1.54, 1.807) is 13.4 Å². The van der Waals surface area contributed by atoms with E-state index in [1.807, 2.05) is 29.2 Å². The van der Waals surface area contributed by atoms with Gasteiger partial charge >= 0.3 is 0 Å². The van der Waals surface area contributed by atoms with Crippen molar-refractivity contribution < 1.29 is 9.53 Å². The summed E-state index contributed by atoms with van der Waals surface area (Å²) in [6.45, 7) is 5.92. The Morgan fingerprint density at radius 2 is 2.23 bits per heavy atom. The average molecular weight is 356 g/mol. The van der Waals surface area contributed by atoms with Crippen LogP contribution in [0.5, 0.6) is 5.75 Å². The molecule has 1 aliphatic heterocycles. The zero-order valence-electron chi connectivity index (χ0n) is 15.9. The monoisotopic (exact) mass is 356 g/mol. The molecular formula is C20H28N4O2. The van der Waals surface area contributed by atoms with Gasteiger partial charge in [-0.3, -0.25) is 4.79 Å². The Bertz CT molecular complexity index is 741. The number of piperidine rings is 1. The molecule has 0 spiro atoms. The lowest BCUT2D eigenvalue weighted by Gasteiger charge is -2.33. The maximum Gasteiger partial charge on any atom is 0.227 e. The summed E-state index contributed by atoms with van der Waals surface area (Å²) in [5.41, 5.74) is 0.996. The molecule has 1 saturated heterocycles. The van der Waals surface area contributed by atoms with Crippen LogP contribution in [0, 0.1) is 5.92 Å². The number of aromatic nitrogens is 3. The lowest BCUT2D eigenvalue weighted by molar-refractivity contribution is -0.132. The Morgan fingerprint density at radius 3 is 3.00 bits per heavy atom. The fraction of sp³-hybridized carbons (Fsp3) is 0.550. The number of nitrogens with zero attached hydrogens (tertiary/aromatic N) is 4. The molecule has 6 heteroatoms. The highest BCUT2D eigenvalue weighted by molar-refractivity contribution is 5.79. The van der Waals surface area contributed by atoms with Gasteiger partial charge in [-0.05, 0) is 50.3 Å². The van der Waals surface area contributed by atoms with Gasteiger partial charge in [0.15, 0.2) is 0 Å². The third-order valence-electron chi connectivity index (χ3n) is 5.04. The van der Waals surface area contributed by atoms with E-state index < -0.39 is 0 Å². The first-order chi connectivity index (χ1) is 12.6. The summed E-state index contributed by atoms with van der Waals surface area (Å²) in [5.74, 6) is 2.44. The number of rotatable bonds is 6. The number of methoxy groups -OCH3 is 1. The smallest absolute Gasteiger partial charge is 0.227 e. The van der Waals surface area contributed by atoms with Crippen LogP contribution >= 0.6 is 0 Å². The Labute approximate surface area is 155 Å². The molecule has 1 aromatic carbocycles. The van der Waals surface area contributed by atoms with Crippen LogP contribution in [0.3, 0.4) is 0 Å². The normalized spacial score (nSPS) is 17.5. The number of benzene rings is 1. The second-order valence-corrected chi connectivity index (χ2v) is 7.33. The largest absolute Gasteiger partial charge is 0.497 e. The Morgan fingerprint density at radius 1 is 1.38 bits per heavy atom. The van der Waals surface area contributed by atoms with Gasteiger partial charge in [0.05, 0.1) is 13.5 Å². The molecule has 3 rings (SSSR count). The zero-order valence-corrected chi connectivity index (χ0v) is 15.9. The van der Waals surface area contributed by atoms with E-state index in [1.165, 1.54) is 0 Å². The van der Waals surface area contributed by atoms with Crippen molar-refractivity contribution in [3.8, 4) is 5.75 Å². The van der Waals surface area contributed by atoms with Gasteiger partial charge in [0, 0.05) is 25.6 Å². The molecule has 0 aliphatic carbocycles. The SMILES string of the molecule is COc1cccc(CC(=O)N2CCCC(Cc3nncn3C(C)C)C2)c1. The van der Waals surface area contributed by atoms with E-state index >= 15 is 0 Å². The lowest BCUT2D eigenvalue weighted by Crippen LogP contribution is -2.41. The molecule has 0 bridgehead atoms. The molecule has 1 unspecified atom stereocenters. The number of carbonyl (C=O) groups excluding carboxylic acids is 1. The van der Waals surface area contributed by atoms with Gasteiger partial charge in [0.1, 0.15) is 17.9 Å². The molecular weight excluding hydrogens is 328 g/mol. The number of carbonyl (C=O) groups is 1. The van der Waals surface area contributed by atoms with Crippen LogP contribution in [0.1, 0.15) is 44.1 Å². The van der Waals surface area contributed by atoms with Gasteiger partial charge in [-0.2, -0.15) is 0 Å². The Hall–Kier alpha value is -2.37. The van der Waals surface area contributed by atoms with Gasteiger partial charge in [0.25, 0.3) is 0 Å². The van der Waals surface area contributed by atoms with Crippen molar-refractivity contribution in [3.63, 3.8) is 0 Å². The van der Waals surface area contributed by atoms with Crippen LogP contribution in [-0.2, 0) is 17.6 Å². The van der Waals surface area contributed by atoms with Crippen molar-refractivity contribution >= 4 is 5.91 Å². The van der Waals surface area contributed by atoms with Crippen molar-refractivity contribution in [3.05, 3.63) is 42.0 Å². The van der Waals surface area contributed by atoms with Crippen molar-refractivity contribution in [2.24, 2.45) is 5.92 Å².